The molecule has 4 aliphatic rings. The molecule has 1 saturated heterocycles. The highest BCUT2D eigenvalue weighted by Gasteiger charge is 2.56. The summed E-state index contributed by atoms with van der Waals surface area (Å²) in [6.07, 6.45) is 5.62. The lowest BCUT2D eigenvalue weighted by Gasteiger charge is -2.42. The van der Waals surface area contributed by atoms with Gasteiger partial charge in [0.1, 0.15) is 0 Å². The third-order valence-corrected chi connectivity index (χ3v) is 8.57. The van der Waals surface area contributed by atoms with Crippen LogP contribution >= 0.6 is 0 Å². The predicted octanol–water partition coefficient (Wildman–Crippen LogP) is 5.07. The summed E-state index contributed by atoms with van der Waals surface area (Å²) >= 11 is 0. The van der Waals surface area contributed by atoms with Crippen LogP contribution < -0.4 is 9.64 Å². The monoisotopic (exact) mass is 535 g/mol. The van der Waals surface area contributed by atoms with Crippen LogP contribution in [-0.4, -0.2) is 35.1 Å². The highest BCUT2D eigenvalue weighted by molar-refractivity contribution is 6.25. The zero-order valence-electron chi connectivity index (χ0n) is 22.3. The van der Waals surface area contributed by atoms with Gasteiger partial charge < -0.3 is 9.84 Å². The van der Waals surface area contributed by atoms with Crippen molar-refractivity contribution in [2.75, 3.05) is 11.5 Å². The molecule has 1 fully saturated rings. The lowest BCUT2D eigenvalue weighted by molar-refractivity contribution is -0.123. The van der Waals surface area contributed by atoms with Crippen LogP contribution in [0.2, 0.25) is 0 Å². The van der Waals surface area contributed by atoms with Crippen molar-refractivity contribution in [3.8, 4) is 11.5 Å². The molecule has 202 valence electrons. The Morgan fingerprint density at radius 2 is 1.80 bits per heavy atom. The first-order valence-electron chi connectivity index (χ1n) is 13.5. The second kappa shape index (κ2) is 9.59. The number of allylic oxidation sites excluding steroid dienone is 6. The maximum atomic E-state index is 14.0. The number of rotatable bonds is 5. The topological polar surface area (TPSA) is 101 Å². The molecule has 0 bridgehead atoms. The van der Waals surface area contributed by atoms with Gasteiger partial charge in [-0.2, -0.15) is 0 Å². The smallest absolute Gasteiger partial charge is 0.238 e. The Labute approximate surface area is 232 Å². The van der Waals surface area contributed by atoms with E-state index in [1.165, 1.54) is 17.0 Å². The number of imide groups is 1. The van der Waals surface area contributed by atoms with Crippen molar-refractivity contribution in [2.45, 2.75) is 32.6 Å². The minimum atomic E-state index is -0.652. The Morgan fingerprint density at radius 1 is 1.05 bits per heavy atom. The quantitative estimate of drug-likeness (QED) is 0.326. The SMILES string of the molecule is C=Cc1ccc(N2C(=O)[C@H]3[C@H](CC=C4[C@H](c5ccc(O)c(OCC)c5)C5=C(C[C@H]43)C(=O)C(C)=CC5=O)C2=O)cc1. The predicted molar refractivity (Wildman–Crippen MR) is 150 cm³/mol. The summed E-state index contributed by atoms with van der Waals surface area (Å²) in [5.41, 5.74) is 4.09. The van der Waals surface area contributed by atoms with E-state index in [1.807, 2.05) is 25.1 Å². The number of hydrogen-bond donors (Lipinski definition) is 1. The fraction of sp³-hybridized carbons (Fsp3) is 0.273. The van der Waals surface area contributed by atoms with Gasteiger partial charge in [-0.25, -0.2) is 0 Å². The number of carbonyl (C=O) groups is 4. The maximum absolute atomic E-state index is 14.0. The lowest BCUT2D eigenvalue weighted by Crippen LogP contribution is -2.39. The molecule has 2 amide bonds. The van der Waals surface area contributed by atoms with E-state index in [2.05, 4.69) is 6.58 Å². The number of nitrogens with zero attached hydrogens (tertiary/aromatic N) is 1. The van der Waals surface area contributed by atoms with Gasteiger partial charge in [0.2, 0.25) is 11.8 Å². The molecule has 3 aliphatic carbocycles. The van der Waals surface area contributed by atoms with Crippen molar-refractivity contribution < 1.29 is 29.0 Å². The highest BCUT2D eigenvalue weighted by atomic mass is 16.5. The van der Waals surface area contributed by atoms with Crippen LogP contribution in [0.15, 0.2) is 83.5 Å². The van der Waals surface area contributed by atoms with E-state index in [0.29, 0.717) is 41.0 Å². The van der Waals surface area contributed by atoms with Crippen LogP contribution in [0.25, 0.3) is 6.08 Å². The van der Waals surface area contributed by atoms with Gasteiger partial charge in [0.25, 0.3) is 0 Å². The van der Waals surface area contributed by atoms with E-state index in [1.54, 1.807) is 37.3 Å². The zero-order valence-corrected chi connectivity index (χ0v) is 22.3. The first kappa shape index (κ1) is 25.7. The summed E-state index contributed by atoms with van der Waals surface area (Å²) in [6.45, 7) is 7.53. The number of hydrogen-bond acceptors (Lipinski definition) is 6. The van der Waals surface area contributed by atoms with Crippen molar-refractivity contribution in [1.29, 1.82) is 0 Å². The van der Waals surface area contributed by atoms with E-state index in [4.69, 9.17) is 4.74 Å². The van der Waals surface area contributed by atoms with Crippen LogP contribution in [0.5, 0.6) is 11.5 Å². The summed E-state index contributed by atoms with van der Waals surface area (Å²) in [5.74, 6) is -2.96. The Balaban J connectivity index is 1.47. The third kappa shape index (κ3) is 3.79. The number of Topliss-reactive ketones (excluding diaryl/α,β-unsaturated/α-hetero) is 1. The van der Waals surface area contributed by atoms with Crippen LogP contribution in [0.1, 0.15) is 43.7 Å². The van der Waals surface area contributed by atoms with E-state index < -0.39 is 23.7 Å². The Bertz CT molecular complexity index is 1590. The van der Waals surface area contributed by atoms with Crippen LogP contribution in [0, 0.1) is 17.8 Å². The molecule has 2 aromatic carbocycles. The largest absolute Gasteiger partial charge is 0.504 e. The molecule has 2 aromatic rings. The molecule has 0 spiro atoms. The number of anilines is 1. The van der Waals surface area contributed by atoms with E-state index in [-0.39, 0.29) is 41.3 Å². The number of ketones is 2. The first-order valence-corrected chi connectivity index (χ1v) is 13.5. The van der Waals surface area contributed by atoms with Crippen molar-refractivity contribution in [1.82, 2.24) is 0 Å². The van der Waals surface area contributed by atoms with Gasteiger partial charge in [0.05, 0.1) is 24.1 Å². The van der Waals surface area contributed by atoms with Crippen LogP contribution in [0.4, 0.5) is 5.69 Å². The van der Waals surface area contributed by atoms with Crippen molar-refractivity contribution >= 4 is 35.1 Å². The standard InChI is InChI=1S/C33H29NO6/c1-4-18-6-9-20(10-7-18)34-32(38)22-12-11-21-23(29(22)33(34)39)16-24-30(26(36)14-17(3)31(24)37)28(21)19-8-13-25(35)27(15-19)40-5-2/h4,6-11,13-15,22-23,28-29,35H,1,5,12,16H2,2-3H3/t22-,23+,28-,29-/m0/s1. The number of ether oxygens (including phenoxy) is 1. The molecule has 1 N–H and O–H groups in total. The van der Waals surface area contributed by atoms with Gasteiger partial charge in [-0.05, 0) is 74.1 Å². The maximum Gasteiger partial charge on any atom is 0.238 e. The van der Waals surface area contributed by atoms with Gasteiger partial charge in [-0.1, -0.05) is 42.5 Å². The summed E-state index contributed by atoms with van der Waals surface area (Å²) < 4.78 is 5.62. The number of fused-ring (bicyclic) bond motifs is 3. The third-order valence-electron chi connectivity index (χ3n) is 8.57. The number of phenols is 1. The van der Waals surface area contributed by atoms with E-state index in [0.717, 1.165) is 11.1 Å². The lowest BCUT2D eigenvalue weighted by atomic mass is 9.59. The molecule has 0 aromatic heterocycles. The van der Waals surface area contributed by atoms with Crippen molar-refractivity contribution in [2.24, 2.45) is 17.8 Å². The van der Waals surface area contributed by atoms with Gasteiger partial charge in [0, 0.05) is 22.6 Å². The van der Waals surface area contributed by atoms with Gasteiger partial charge >= 0.3 is 0 Å². The summed E-state index contributed by atoms with van der Waals surface area (Å²) in [5, 5.41) is 10.3. The van der Waals surface area contributed by atoms with Crippen molar-refractivity contribution in [3.63, 3.8) is 0 Å². The minimum Gasteiger partial charge on any atom is -0.504 e. The van der Waals surface area contributed by atoms with Crippen molar-refractivity contribution in [3.05, 3.63) is 94.6 Å². The number of amides is 2. The summed E-state index contributed by atoms with van der Waals surface area (Å²) in [7, 11) is 0. The van der Waals surface area contributed by atoms with Crippen LogP contribution in [0.3, 0.4) is 0 Å². The Hall–Kier alpha value is -4.52. The fourth-order valence-corrected chi connectivity index (χ4v) is 6.76. The van der Waals surface area contributed by atoms with Gasteiger partial charge in [-0.3, -0.25) is 24.1 Å². The molecule has 7 heteroatoms. The zero-order chi connectivity index (χ0) is 28.3. The molecule has 0 radical (unpaired) electrons. The molecule has 0 saturated carbocycles. The molecule has 1 heterocycles. The number of benzene rings is 2. The Kier molecular flexibility index (Phi) is 6.17. The molecule has 0 unspecified atom stereocenters. The average Bonchev–Trinajstić information content (AvgIpc) is 3.21. The number of phenolic OH excluding ortho intramolecular Hbond substituents is 1. The second-order valence-corrected chi connectivity index (χ2v) is 10.7. The van der Waals surface area contributed by atoms with Gasteiger partial charge in [-0.15, -0.1) is 0 Å². The molecular formula is C33H29NO6. The molecular weight excluding hydrogens is 506 g/mol. The molecule has 7 nitrogen and oxygen atoms in total. The number of aromatic hydroxyl groups is 1. The fourth-order valence-electron chi connectivity index (χ4n) is 6.76. The second-order valence-electron chi connectivity index (χ2n) is 10.7. The normalized spacial score (nSPS) is 25.7. The highest BCUT2D eigenvalue weighted by Crippen LogP contribution is 2.55. The van der Waals surface area contributed by atoms with E-state index >= 15 is 0 Å². The average molecular weight is 536 g/mol. The van der Waals surface area contributed by atoms with E-state index in [9.17, 15) is 24.3 Å². The summed E-state index contributed by atoms with van der Waals surface area (Å²) in [4.78, 5) is 55.7. The molecule has 40 heavy (non-hydrogen) atoms. The molecule has 4 atom stereocenters. The Morgan fingerprint density at radius 3 is 2.50 bits per heavy atom. The van der Waals surface area contributed by atoms with Gasteiger partial charge in [0.15, 0.2) is 23.1 Å². The first-order chi connectivity index (χ1) is 19.2. The molecule has 1 aliphatic heterocycles. The summed E-state index contributed by atoms with van der Waals surface area (Å²) in [6, 6.07) is 12.0. The molecule has 6 rings (SSSR count). The number of carbonyl (C=O) groups excluding carboxylic acids is 4. The van der Waals surface area contributed by atoms with Crippen LogP contribution in [-0.2, 0) is 19.2 Å². The minimum absolute atomic E-state index is 0.0266.